The Morgan fingerprint density at radius 3 is 2.43 bits per heavy atom. The van der Waals surface area contributed by atoms with Crippen molar-refractivity contribution in [3.8, 4) is 0 Å². The average Bonchev–Trinajstić information content (AvgIpc) is 3.15. The summed E-state index contributed by atoms with van der Waals surface area (Å²) in [5.41, 5.74) is 5.06. The minimum Gasteiger partial charge on any atom is -0.279 e. The van der Waals surface area contributed by atoms with Crippen LogP contribution in [0.4, 0.5) is 5.13 Å². The minimum absolute atomic E-state index is 0.0511. The van der Waals surface area contributed by atoms with E-state index in [9.17, 15) is 4.79 Å². The number of hydrogen-bond donors (Lipinski definition) is 0. The molecular weight excluding hydrogens is 432 g/mol. The Morgan fingerprint density at radius 1 is 1.00 bits per heavy atom. The van der Waals surface area contributed by atoms with Gasteiger partial charge >= 0.3 is 0 Å². The van der Waals surface area contributed by atoms with Crippen LogP contribution in [0.15, 0.2) is 71.2 Å². The number of amides is 1. The third-order valence-electron chi connectivity index (χ3n) is 4.82. The first kappa shape index (κ1) is 18.8. The number of benzene rings is 3. The molecule has 0 saturated heterocycles. The fraction of sp³-hybridized carbons (Fsp3) is 0.130. The van der Waals surface area contributed by atoms with Crippen molar-refractivity contribution >= 4 is 48.5 Å². The highest BCUT2D eigenvalue weighted by molar-refractivity contribution is 9.10. The van der Waals surface area contributed by atoms with E-state index in [4.69, 9.17) is 4.98 Å². The number of fused-ring (bicyclic) bond motifs is 1. The van der Waals surface area contributed by atoms with Gasteiger partial charge in [0.05, 0.1) is 16.8 Å². The zero-order valence-electron chi connectivity index (χ0n) is 15.6. The molecule has 3 aromatic carbocycles. The summed E-state index contributed by atoms with van der Waals surface area (Å²) in [4.78, 5) is 20.0. The quantitative estimate of drug-likeness (QED) is 0.354. The standard InChI is InChI=1S/C23H19BrN2OS/c1-15-8-13-20-21(16(15)2)25-23(28-20)26(14-17-6-4-3-5-7-17)22(27)18-9-11-19(24)12-10-18/h3-13H,14H2,1-2H3. The van der Waals surface area contributed by atoms with Crippen LogP contribution in [0.2, 0.25) is 0 Å². The second-order valence-corrected chi connectivity index (χ2v) is 8.66. The molecule has 4 aromatic rings. The first-order valence-corrected chi connectivity index (χ1v) is 10.6. The molecule has 0 aliphatic heterocycles. The maximum atomic E-state index is 13.4. The van der Waals surface area contributed by atoms with Crippen molar-refractivity contribution in [2.45, 2.75) is 20.4 Å². The summed E-state index contributed by atoms with van der Waals surface area (Å²) in [5, 5.41) is 0.723. The van der Waals surface area contributed by atoms with Crippen LogP contribution in [0.1, 0.15) is 27.0 Å². The van der Waals surface area contributed by atoms with Crippen LogP contribution < -0.4 is 4.90 Å². The van der Waals surface area contributed by atoms with Crippen molar-refractivity contribution in [1.29, 1.82) is 0 Å². The molecule has 0 aliphatic rings. The first-order chi connectivity index (χ1) is 13.5. The SMILES string of the molecule is Cc1ccc2sc(N(Cc3ccccc3)C(=O)c3ccc(Br)cc3)nc2c1C. The largest absolute Gasteiger partial charge is 0.279 e. The maximum Gasteiger partial charge on any atom is 0.260 e. The molecule has 1 amide bonds. The van der Waals surface area contributed by atoms with E-state index in [1.165, 1.54) is 5.56 Å². The number of halogens is 1. The smallest absolute Gasteiger partial charge is 0.260 e. The Hall–Kier alpha value is -2.50. The molecule has 140 valence electrons. The van der Waals surface area contributed by atoms with Crippen LogP contribution in [0.3, 0.4) is 0 Å². The lowest BCUT2D eigenvalue weighted by Gasteiger charge is -2.20. The van der Waals surface area contributed by atoms with E-state index in [1.54, 1.807) is 16.2 Å². The van der Waals surface area contributed by atoms with E-state index in [1.807, 2.05) is 54.6 Å². The van der Waals surface area contributed by atoms with Gasteiger partial charge in [0.2, 0.25) is 0 Å². The highest BCUT2D eigenvalue weighted by Gasteiger charge is 2.22. The lowest BCUT2D eigenvalue weighted by atomic mass is 10.1. The molecule has 0 atom stereocenters. The number of hydrogen-bond acceptors (Lipinski definition) is 3. The van der Waals surface area contributed by atoms with Crippen LogP contribution in [-0.4, -0.2) is 10.9 Å². The second-order valence-electron chi connectivity index (χ2n) is 6.73. The number of carbonyl (C=O) groups excluding carboxylic acids is 1. The van der Waals surface area contributed by atoms with Gasteiger partial charge in [0.15, 0.2) is 5.13 Å². The van der Waals surface area contributed by atoms with E-state index in [-0.39, 0.29) is 5.91 Å². The lowest BCUT2D eigenvalue weighted by molar-refractivity contribution is 0.0985. The average molecular weight is 451 g/mol. The van der Waals surface area contributed by atoms with Gasteiger partial charge in [0.25, 0.3) is 5.91 Å². The van der Waals surface area contributed by atoms with Gasteiger partial charge in [-0.25, -0.2) is 4.98 Å². The fourth-order valence-corrected chi connectivity index (χ4v) is 4.36. The Kier molecular flexibility index (Phi) is 5.29. The molecule has 0 radical (unpaired) electrons. The van der Waals surface area contributed by atoms with Crippen LogP contribution in [-0.2, 0) is 6.54 Å². The minimum atomic E-state index is -0.0511. The number of aryl methyl sites for hydroxylation is 2. The van der Waals surface area contributed by atoms with E-state index in [0.29, 0.717) is 12.1 Å². The Bertz CT molecular complexity index is 1140. The molecule has 3 nitrogen and oxygen atoms in total. The first-order valence-electron chi connectivity index (χ1n) is 9.01. The van der Waals surface area contributed by atoms with Gasteiger partial charge in [0, 0.05) is 10.0 Å². The summed E-state index contributed by atoms with van der Waals surface area (Å²) in [5.74, 6) is -0.0511. The predicted octanol–water partition coefficient (Wildman–Crippen LogP) is 6.52. The predicted molar refractivity (Wildman–Crippen MR) is 120 cm³/mol. The van der Waals surface area contributed by atoms with Crippen molar-refractivity contribution < 1.29 is 4.79 Å². The fourth-order valence-electron chi connectivity index (χ4n) is 3.07. The van der Waals surface area contributed by atoms with E-state index >= 15 is 0 Å². The summed E-state index contributed by atoms with van der Waals surface area (Å²) >= 11 is 4.99. The Morgan fingerprint density at radius 2 is 1.71 bits per heavy atom. The normalized spacial score (nSPS) is 11.0. The zero-order valence-corrected chi connectivity index (χ0v) is 18.0. The highest BCUT2D eigenvalue weighted by Crippen LogP contribution is 2.33. The summed E-state index contributed by atoms with van der Waals surface area (Å²) in [6.45, 7) is 4.65. The van der Waals surface area contributed by atoms with E-state index in [0.717, 1.165) is 30.9 Å². The molecule has 0 saturated carbocycles. The van der Waals surface area contributed by atoms with E-state index < -0.39 is 0 Å². The Labute approximate surface area is 176 Å². The monoisotopic (exact) mass is 450 g/mol. The number of rotatable bonds is 4. The maximum absolute atomic E-state index is 13.4. The topological polar surface area (TPSA) is 33.2 Å². The van der Waals surface area contributed by atoms with Gasteiger partial charge in [-0.3, -0.25) is 9.69 Å². The second kappa shape index (κ2) is 7.86. The molecule has 1 heterocycles. The number of aromatic nitrogens is 1. The zero-order chi connectivity index (χ0) is 19.7. The van der Waals surface area contributed by atoms with Crippen molar-refractivity contribution in [3.05, 3.63) is 93.5 Å². The van der Waals surface area contributed by atoms with Crippen LogP contribution in [0.25, 0.3) is 10.2 Å². The molecule has 0 fully saturated rings. The molecule has 0 bridgehead atoms. The number of nitrogens with zero attached hydrogens (tertiary/aromatic N) is 2. The molecule has 0 spiro atoms. The van der Waals surface area contributed by atoms with Crippen LogP contribution >= 0.6 is 27.3 Å². The third-order valence-corrected chi connectivity index (χ3v) is 6.40. The van der Waals surface area contributed by atoms with Gasteiger partial charge < -0.3 is 0 Å². The number of anilines is 1. The van der Waals surface area contributed by atoms with Gasteiger partial charge in [0.1, 0.15) is 0 Å². The molecule has 5 heteroatoms. The molecule has 1 aromatic heterocycles. The van der Waals surface area contributed by atoms with Gasteiger partial charge in [-0.1, -0.05) is 63.7 Å². The summed E-state index contributed by atoms with van der Waals surface area (Å²) in [7, 11) is 0. The van der Waals surface area contributed by atoms with Crippen LogP contribution in [0.5, 0.6) is 0 Å². The van der Waals surface area contributed by atoms with Crippen molar-refractivity contribution in [1.82, 2.24) is 4.98 Å². The summed E-state index contributed by atoms with van der Waals surface area (Å²) in [6.07, 6.45) is 0. The molecule has 0 aliphatic carbocycles. The van der Waals surface area contributed by atoms with Gasteiger partial charge in [-0.2, -0.15) is 0 Å². The van der Waals surface area contributed by atoms with Gasteiger partial charge in [-0.05, 0) is 60.9 Å². The van der Waals surface area contributed by atoms with E-state index in [2.05, 4.69) is 41.9 Å². The molecule has 4 rings (SSSR count). The van der Waals surface area contributed by atoms with Crippen molar-refractivity contribution in [2.24, 2.45) is 0 Å². The lowest BCUT2D eigenvalue weighted by Crippen LogP contribution is -2.30. The third kappa shape index (κ3) is 3.73. The van der Waals surface area contributed by atoms with Crippen molar-refractivity contribution in [3.63, 3.8) is 0 Å². The molecule has 0 N–H and O–H groups in total. The van der Waals surface area contributed by atoms with Gasteiger partial charge in [-0.15, -0.1) is 0 Å². The molecule has 28 heavy (non-hydrogen) atoms. The van der Waals surface area contributed by atoms with Crippen molar-refractivity contribution in [2.75, 3.05) is 4.90 Å². The molecule has 0 unspecified atom stereocenters. The summed E-state index contributed by atoms with van der Waals surface area (Å²) < 4.78 is 2.05. The number of carbonyl (C=O) groups is 1. The Balaban J connectivity index is 1.79. The highest BCUT2D eigenvalue weighted by atomic mass is 79.9. The van der Waals surface area contributed by atoms with Crippen LogP contribution in [0, 0.1) is 13.8 Å². The molecular formula is C23H19BrN2OS. The number of thiazole rings is 1. The summed E-state index contributed by atoms with van der Waals surface area (Å²) in [6, 6.07) is 21.7.